The van der Waals surface area contributed by atoms with Crippen molar-refractivity contribution in [2.45, 2.75) is 25.4 Å². The first-order valence-electron chi connectivity index (χ1n) is 6.35. The average molecular weight is 354 g/mol. The molecule has 2 N–H and O–H groups in total. The van der Waals surface area contributed by atoms with Crippen LogP contribution in [0.5, 0.6) is 0 Å². The van der Waals surface area contributed by atoms with Crippen molar-refractivity contribution in [3.63, 3.8) is 0 Å². The quantitative estimate of drug-likeness (QED) is 0.825. The van der Waals surface area contributed by atoms with E-state index in [9.17, 15) is 9.90 Å². The molecule has 20 heavy (non-hydrogen) atoms. The highest BCUT2D eigenvalue weighted by Gasteiger charge is 2.38. The van der Waals surface area contributed by atoms with Crippen LogP contribution in [-0.2, 0) is 16.9 Å². The van der Waals surface area contributed by atoms with Crippen molar-refractivity contribution in [1.82, 2.24) is 5.32 Å². The third-order valence-corrected chi connectivity index (χ3v) is 4.73. The molecule has 1 unspecified atom stereocenters. The van der Waals surface area contributed by atoms with E-state index in [0.29, 0.717) is 13.0 Å². The number of carboxylic acid groups (broad SMARTS) is 1. The first kappa shape index (κ1) is 15.2. The number of aliphatic carboxylic acids is 1. The number of benzene rings is 1. The van der Waals surface area contributed by atoms with Gasteiger partial charge in [-0.05, 0) is 35.6 Å². The number of rotatable bonds is 6. The molecule has 0 fully saturated rings. The predicted octanol–water partition coefficient (Wildman–Crippen LogP) is 3.99. The van der Waals surface area contributed by atoms with Crippen LogP contribution >= 0.6 is 27.3 Å². The van der Waals surface area contributed by atoms with Gasteiger partial charge in [0, 0.05) is 15.9 Å². The zero-order valence-corrected chi connectivity index (χ0v) is 13.5. The van der Waals surface area contributed by atoms with E-state index in [-0.39, 0.29) is 0 Å². The predicted molar refractivity (Wildman–Crippen MR) is 84.9 cm³/mol. The second-order valence-corrected chi connectivity index (χ2v) is 6.46. The lowest BCUT2D eigenvalue weighted by molar-refractivity contribution is -0.145. The molecule has 1 aromatic heterocycles. The molecule has 1 aromatic carbocycles. The van der Waals surface area contributed by atoms with Gasteiger partial charge in [-0.1, -0.05) is 41.1 Å². The smallest absolute Gasteiger partial charge is 0.328 e. The van der Waals surface area contributed by atoms with Gasteiger partial charge < -0.3 is 5.11 Å². The Balaban J connectivity index is 2.32. The van der Waals surface area contributed by atoms with Gasteiger partial charge in [-0.3, -0.25) is 5.32 Å². The summed E-state index contributed by atoms with van der Waals surface area (Å²) >= 11 is 5.02. The summed E-state index contributed by atoms with van der Waals surface area (Å²) in [4.78, 5) is 13.0. The molecule has 0 aliphatic rings. The van der Waals surface area contributed by atoms with E-state index in [1.807, 2.05) is 48.7 Å². The number of hydrogen-bond acceptors (Lipinski definition) is 3. The van der Waals surface area contributed by atoms with E-state index in [2.05, 4.69) is 21.2 Å². The second-order valence-electron chi connectivity index (χ2n) is 4.51. The zero-order chi connectivity index (χ0) is 14.6. The van der Waals surface area contributed by atoms with E-state index in [1.54, 1.807) is 11.3 Å². The van der Waals surface area contributed by atoms with Crippen LogP contribution in [0.4, 0.5) is 0 Å². The molecule has 106 valence electrons. The summed E-state index contributed by atoms with van der Waals surface area (Å²) in [5, 5.41) is 14.9. The van der Waals surface area contributed by atoms with Crippen molar-refractivity contribution in [2.75, 3.05) is 0 Å². The van der Waals surface area contributed by atoms with Crippen LogP contribution in [0.25, 0.3) is 0 Å². The highest BCUT2D eigenvalue weighted by Crippen LogP contribution is 2.28. The molecule has 0 amide bonds. The maximum atomic E-state index is 11.8. The summed E-state index contributed by atoms with van der Waals surface area (Å²) in [7, 11) is 0. The molecule has 1 heterocycles. The molecule has 5 heteroatoms. The maximum Gasteiger partial charge on any atom is 0.328 e. The maximum absolute atomic E-state index is 11.8. The molecule has 0 aliphatic carbocycles. The van der Waals surface area contributed by atoms with Gasteiger partial charge in [0.15, 0.2) is 0 Å². The Morgan fingerprint density at radius 1 is 1.40 bits per heavy atom. The lowest BCUT2D eigenvalue weighted by atomic mass is 9.87. The molecule has 0 spiro atoms. The van der Waals surface area contributed by atoms with Crippen LogP contribution in [0.15, 0.2) is 46.3 Å². The highest BCUT2D eigenvalue weighted by molar-refractivity contribution is 9.10. The van der Waals surface area contributed by atoms with Gasteiger partial charge in [-0.25, -0.2) is 4.79 Å². The Morgan fingerprint density at radius 3 is 2.75 bits per heavy atom. The first-order valence-corrected chi connectivity index (χ1v) is 8.02. The minimum Gasteiger partial charge on any atom is -0.480 e. The molecule has 3 nitrogen and oxygen atoms in total. The van der Waals surface area contributed by atoms with Crippen molar-refractivity contribution in [3.8, 4) is 0 Å². The largest absolute Gasteiger partial charge is 0.480 e. The van der Waals surface area contributed by atoms with E-state index < -0.39 is 11.5 Å². The van der Waals surface area contributed by atoms with Crippen LogP contribution in [0.3, 0.4) is 0 Å². The third-order valence-electron chi connectivity index (χ3n) is 3.36. The number of hydrogen-bond donors (Lipinski definition) is 2. The van der Waals surface area contributed by atoms with Gasteiger partial charge in [0.25, 0.3) is 0 Å². The van der Waals surface area contributed by atoms with Crippen molar-refractivity contribution in [3.05, 3.63) is 56.7 Å². The van der Waals surface area contributed by atoms with Crippen molar-refractivity contribution < 1.29 is 9.90 Å². The lowest BCUT2D eigenvalue weighted by Gasteiger charge is -2.30. The minimum absolute atomic E-state index is 0.476. The summed E-state index contributed by atoms with van der Waals surface area (Å²) in [6, 6.07) is 11.4. The molecular formula is C15H16BrNO2S. The SMILES string of the molecule is CCC(NCc1cccs1)(C(=O)O)c1cccc(Br)c1. The summed E-state index contributed by atoms with van der Waals surface area (Å²) < 4.78 is 0.881. The molecule has 2 rings (SSSR count). The highest BCUT2D eigenvalue weighted by atomic mass is 79.9. The van der Waals surface area contributed by atoms with E-state index in [1.165, 1.54) is 0 Å². The number of nitrogens with one attached hydrogen (secondary N) is 1. The van der Waals surface area contributed by atoms with E-state index in [0.717, 1.165) is 14.9 Å². The molecule has 0 saturated heterocycles. The Labute approximate surface area is 130 Å². The van der Waals surface area contributed by atoms with Crippen LogP contribution in [0, 0.1) is 0 Å². The third kappa shape index (κ3) is 3.11. The molecule has 0 saturated carbocycles. The van der Waals surface area contributed by atoms with Gasteiger partial charge in [-0.2, -0.15) is 0 Å². The monoisotopic (exact) mass is 353 g/mol. The number of carbonyl (C=O) groups is 1. The van der Waals surface area contributed by atoms with Crippen LogP contribution in [-0.4, -0.2) is 11.1 Å². The lowest BCUT2D eigenvalue weighted by Crippen LogP contribution is -2.48. The van der Waals surface area contributed by atoms with Crippen molar-refractivity contribution in [1.29, 1.82) is 0 Å². The van der Waals surface area contributed by atoms with E-state index in [4.69, 9.17) is 0 Å². The normalized spacial score (nSPS) is 13.9. The van der Waals surface area contributed by atoms with Crippen LogP contribution in [0.2, 0.25) is 0 Å². The molecule has 0 radical (unpaired) electrons. The van der Waals surface area contributed by atoms with E-state index >= 15 is 0 Å². The van der Waals surface area contributed by atoms with Gasteiger partial charge in [0.1, 0.15) is 5.54 Å². The second kappa shape index (κ2) is 6.52. The fourth-order valence-electron chi connectivity index (χ4n) is 2.19. The minimum atomic E-state index is -1.06. The van der Waals surface area contributed by atoms with Crippen molar-refractivity contribution >= 4 is 33.2 Å². The summed E-state index contributed by atoms with van der Waals surface area (Å²) in [5.74, 6) is -0.852. The number of thiophene rings is 1. The van der Waals surface area contributed by atoms with Gasteiger partial charge in [0.2, 0.25) is 0 Å². The zero-order valence-electron chi connectivity index (χ0n) is 11.1. The molecule has 1 atom stereocenters. The first-order chi connectivity index (χ1) is 9.58. The van der Waals surface area contributed by atoms with Crippen LogP contribution < -0.4 is 5.32 Å². The van der Waals surface area contributed by atoms with Gasteiger partial charge in [0.05, 0.1) is 0 Å². The summed E-state index contributed by atoms with van der Waals surface area (Å²) in [6.07, 6.45) is 0.476. The van der Waals surface area contributed by atoms with Crippen LogP contribution in [0.1, 0.15) is 23.8 Å². The average Bonchev–Trinajstić information content (AvgIpc) is 2.93. The Morgan fingerprint density at radius 2 is 2.20 bits per heavy atom. The fourth-order valence-corrected chi connectivity index (χ4v) is 3.23. The summed E-state index contributed by atoms with van der Waals surface area (Å²) in [6.45, 7) is 2.43. The molecule has 0 aliphatic heterocycles. The van der Waals surface area contributed by atoms with Gasteiger partial charge >= 0.3 is 5.97 Å². The Hall–Kier alpha value is -1.17. The molecule has 2 aromatic rings. The standard InChI is InChI=1S/C15H16BrNO2S/c1-2-15(14(18)19,11-5-3-6-12(16)9-11)17-10-13-7-4-8-20-13/h3-9,17H,2,10H2,1H3,(H,18,19). The number of halogens is 1. The Bertz CT molecular complexity index is 585. The fraction of sp³-hybridized carbons (Fsp3) is 0.267. The molecular weight excluding hydrogens is 338 g/mol. The van der Waals surface area contributed by atoms with Crippen molar-refractivity contribution in [2.24, 2.45) is 0 Å². The summed E-state index contributed by atoms with van der Waals surface area (Å²) in [5.41, 5.74) is -0.299. The Kier molecular flexibility index (Phi) is 4.96. The number of carboxylic acids is 1. The topological polar surface area (TPSA) is 49.3 Å². The van der Waals surface area contributed by atoms with Gasteiger partial charge in [-0.15, -0.1) is 11.3 Å². The molecule has 0 bridgehead atoms.